The fraction of sp³-hybridized carbons (Fsp3) is 0.238. The van der Waals surface area contributed by atoms with Crippen molar-refractivity contribution in [2.24, 2.45) is 12.1 Å². The average Bonchev–Trinajstić information content (AvgIpc) is 3.07. The van der Waals surface area contributed by atoms with Gasteiger partial charge in [0.25, 0.3) is 5.91 Å². The fourth-order valence-electron chi connectivity index (χ4n) is 2.63. The summed E-state index contributed by atoms with van der Waals surface area (Å²) in [4.78, 5) is 12.1. The monoisotopic (exact) mass is 427 g/mol. The zero-order valence-corrected chi connectivity index (χ0v) is 18.0. The van der Waals surface area contributed by atoms with Crippen molar-refractivity contribution < 1.29 is 4.79 Å². The fourth-order valence-corrected chi connectivity index (χ4v) is 3.52. The standard InChI is InChI=1S/C21H22ClN5OS/c1-14(2)16-9-7-15(8-10-16)12-23-24-19(28)13-29-21-26-25-20(27(21)3)17-5-4-6-18(22)11-17/h4-12,14H,13H2,1-3H3,(H,24,28)/b23-12-. The van der Waals surface area contributed by atoms with Gasteiger partial charge in [0, 0.05) is 17.6 Å². The molecule has 0 radical (unpaired) electrons. The Balaban J connectivity index is 1.53. The van der Waals surface area contributed by atoms with Gasteiger partial charge in [-0.05, 0) is 29.2 Å². The third-order valence-electron chi connectivity index (χ3n) is 4.26. The molecule has 0 bridgehead atoms. The van der Waals surface area contributed by atoms with Gasteiger partial charge in [-0.15, -0.1) is 10.2 Å². The summed E-state index contributed by atoms with van der Waals surface area (Å²) in [6, 6.07) is 15.5. The molecule has 0 saturated carbocycles. The van der Waals surface area contributed by atoms with Gasteiger partial charge in [-0.2, -0.15) is 5.10 Å². The number of nitrogens with zero attached hydrogens (tertiary/aromatic N) is 4. The van der Waals surface area contributed by atoms with Gasteiger partial charge in [0.05, 0.1) is 12.0 Å². The Morgan fingerprint density at radius 1 is 1.24 bits per heavy atom. The molecular weight excluding hydrogens is 406 g/mol. The van der Waals surface area contributed by atoms with Crippen molar-refractivity contribution in [1.82, 2.24) is 20.2 Å². The molecule has 0 atom stereocenters. The first-order valence-electron chi connectivity index (χ1n) is 9.14. The topological polar surface area (TPSA) is 72.2 Å². The van der Waals surface area contributed by atoms with E-state index in [4.69, 9.17) is 11.6 Å². The van der Waals surface area contributed by atoms with E-state index in [1.165, 1.54) is 17.3 Å². The molecule has 8 heteroatoms. The number of aromatic nitrogens is 3. The van der Waals surface area contributed by atoms with Crippen LogP contribution in [0.25, 0.3) is 11.4 Å². The molecule has 29 heavy (non-hydrogen) atoms. The molecule has 0 saturated heterocycles. The number of benzene rings is 2. The number of thioether (sulfide) groups is 1. The Bertz CT molecular complexity index is 1010. The van der Waals surface area contributed by atoms with Crippen LogP contribution in [0.2, 0.25) is 5.02 Å². The SMILES string of the molecule is CC(C)c1ccc(/C=N\NC(=O)CSc2nnc(-c3cccc(Cl)c3)n2C)cc1. The number of rotatable bonds is 7. The van der Waals surface area contributed by atoms with Crippen molar-refractivity contribution in [3.8, 4) is 11.4 Å². The maximum absolute atomic E-state index is 12.1. The molecule has 0 aliphatic rings. The molecule has 1 aromatic heterocycles. The van der Waals surface area contributed by atoms with E-state index in [9.17, 15) is 4.79 Å². The highest BCUT2D eigenvalue weighted by Gasteiger charge is 2.13. The molecule has 1 amide bonds. The van der Waals surface area contributed by atoms with Crippen LogP contribution < -0.4 is 5.43 Å². The lowest BCUT2D eigenvalue weighted by Crippen LogP contribution is -2.19. The third-order valence-corrected chi connectivity index (χ3v) is 5.51. The summed E-state index contributed by atoms with van der Waals surface area (Å²) in [6.45, 7) is 4.30. The molecule has 0 spiro atoms. The molecule has 0 aliphatic carbocycles. The molecule has 3 aromatic rings. The van der Waals surface area contributed by atoms with Crippen molar-refractivity contribution in [3.63, 3.8) is 0 Å². The molecule has 1 heterocycles. The van der Waals surface area contributed by atoms with Gasteiger partial charge in [0.15, 0.2) is 11.0 Å². The highest BCUT2D eigenvalue weighted by Crippen LogP contribution is 2.24. The highest BCUT2D eigenvalue weighted by molar-refractivity contribution is 7.99. The Hall–Kier alpha value is -2.64. The highest BCUT2D eigenvalue weighted by atomic mass is 35.5. The number of hydrogen-bond donors (Lipinski definition) is 1. The number of hydrazone groups is 1. The van der Waals surface area contributed by atoms with Crippen LogP contribution in [0, 0.1) is 0 Å². The smallest absolute Gasteiger partial charge is 0.250 e. The Labute approximate surface area is 179 Å². The molecule has 0 aliphatic heterocycles. The van der Waals surface area contributed by atoms with Crippen LogP contribution in [-0.4, -0.2) is 32.6 Å². The van der Waals surface area contributed by atoms with Crippen LogP contribution in [0.15, 0.2) is 58.8 Å². The van der Waals surface area contributed by atoms with E-state index < -0.39 is 0 Å². The van der Waals surface area contributed by atoms with Crippen molar-refractivity contribution in [1.29, 1.82) is 0 Å². The quantitative estimate of drug-likeness (QED) is 0.342. The maximum Gasteiger partial charge on any atom is 0.250 e. The lowest BCUT2D eigenvalue weighted by molar-refractivity contribution is -0.118. The van der Waals surface area contributed by atoms with Gasteiger partial charge in [0.1, 0.15) is 0 Å². The number of carbonyl (C=O) groups excluding carboxylic acids is 1. The molecule has 0 unspecified atom stereocenters. The second-order valence-corrected chi connectivity index (χ2v) is 8.16. The number of amides is 1. The van der Waals surface area contributed by atoms with Gasteiger partial charge in [-0.25, -0.2) is 5.43 Å². The average molecular weight is 428 g/mol. The summed E-state index contributed by atoms with van der Waals surface area (Å²) in [6.07, 6.45) is 1.63. The molecule has 3 rings (SSSR count). The molecule has 1 N–H and O–H groups in total. The Morgan fingerprint density at radius 3 is 2.69 bits per heavy atom. The normalized spacial score (nSPS) is 11.3. The van der Waals surface area contributed by atoms with Crippen molar-refractivity contribution in [2.45, 2.75) is 24.9 Å². The van der Waals surface area contributed by atoms with Crippen molar-refractivity contribution >= 4 is 35.5 Å². The predicted molar refractivity (Wildman–Crippen MR) is 118 cm³/mol. The lowest BCUT2D eigenvalue weighted by Gasteiger charge is -2.05. The van der Waals surface area contributed by atoms with E-state index in [-0.39, 0.29) is 11.7 Å². The van der Waals surface area contributed by atoms with Gasteiger partial charge in [-0.3, -0.25) is 4.79 Å². The largest absolute Gasteiger partial charge is 0.305 e. The van der Waals surface area contributed by atoms with E-state index in [0.717, 1.165) is 11.1 Å². The van der Waals surface area contributed by atoms with E-state index in [1.807, 2.05) is 41.9 Å². The van der Waals surface area contributed by atoms with Crippen LogP contribution in [0.3, 0.4) is 0 Å². The zero-order chi connectivity index (χ0) is 20.8. The van der Waals surface area contributed by atoms with Gasteiger partial charge in [0.2, 0.25) is 0 Å². The summed E-state index contributed by atoms with van der Waals surface area (Å²) >= 11 is 7.34. The minimum Gasteiger partial charge on any atom is -0.305 e. The summed E-state index contributed by atoms with van der Waals surface area (Å²) in [5.74, 6) is 1.15. The Morgan fingerprint density at radius 2 is 2.00 bits per heavy atom. The Kier molecular flexibility index (Phi) is 7.06. The number of hydrogen-bond acceptors (Lipinski definition) is 5. The number of nitrogens with one attached hydrogen (secondary N) is 1. The predicted octanol–water partition coefficient (Wildman–Crippen LogP) is 4.50. The van der Waals surface area contributed by atoms with Crippen LogP contribution in [0.1, 0.15) is 30.9 Å². The summed E-state index contributed by atoms with van der Waals surface area (Å²) in [7, 11) is 1.86. The minimum atomic E-state index is -0.211. The van der Waals surface area contributed by atoms with E-state index in [0.29, 0.717) is 21.9 Å². The van der Waals surface area contributed by atoms with Gasteiger partial charge in [-0.1, -0.05) is 73.6 Å². The third kappa shape index (κ3) is 5.68. The van der Waals surface area contributed by atoms with Crippen LogP contribution in [0.5, 0.6) is 0 Å². The second-order valence-electron chi connectivity index (χ2n) is 6.78. The first kappa shape index (κ1) is 21.1. The van der Waals surface area contributed by atoms with E-state index in [1.54, 1.807) is 12.3 Å². The summed E-state index contributed by atoms with van der Waals surface area (Å²) in [5.41, 5.74) is 5.61. The van der Waals surface area contributed by atoms with Crippen LogP contribution in [0.4, 0.5) is 0 Å². The van der Waals surface area contributed by atoms with E-state index >= 15 is 0 Å². The van der Waals surface area contributed by atoms with Gasteiger partial charge >= 0.3 is 0 Å². The first-order chi connectivity index (χ1) is 13.9. The first-order valence-corrected chi connectivity index (χ1v) is 10.5. The molecule has 2 aromatic carbocycles. The zero-order valence-electron chi connectivity index (χ0n) is 16.5. The molecule has 150 valence electrons. The van der Waals surface area contributed by atoms with Crippen molar-refractivity contribution in [2.75, 3.05) is 5.75 Å². The van der Waals surface area contributed by atoms with E-state index in [2.05, 4.69) is 46.7 Å². The second kappa shape index (κ2) is 9.71. The summed E-state index contributed by atoms with van der Waals surface area (Å²) < 4.78 is 1.84. The minimum absolute atomic E-state index is 0.186. The van der Waals surface area contributed by atoms with Crippen LogP contribution >= 0.6 is 23.4 Å². The summed E-state index contributed by atoms with van der Waals surface area (Å²) in [5, 5.41) is 13.7. The van der Waals surface area contributed by atoms with Crippen molar-refractivity contribution in [3.05, 3.63) is 64.7 Å². The van der Waals surface area contributed by atoms with Gasteiger partial charge < -0.3 is 4.57 Å². The number of carbonyl (C=O) groups is 1. The van der Waals surface area contributed by atoms with Crippen LogP contribution in [-0.2, 0) is 11.8 Å². The molecule has 0 fully saturated rings. The lowest BCUT2D eigenvalue weighted by atomic mass is 10.0. The molecular formula is C21H22ClN5OS. The molecule has 6 nitrogen and oxygen atoms in total. The maximum atomic E-state index is 12.1. The number of halogens is 1.